The van der Waals surface area contributed by atoms with Crippen LogP contribution in [0.1, 0.15) is 10.8 Å². The first-order valence-electron chi connectivity index (χ1n) is 5.95. The minimum atomic E-state index is 0.625. The van der Waals surface area contributed by atoms with E-state index in [1.807, 2.05) is 19.1 Å². The molecule has 2 heterocycles. The third kappa shape index (κ3) is 2.82. The summed E-state index contributed by atoms with van der Waals surface area (Å²) in [5.41, 5.74) is 3.18. The van der Waals surface area contributed by atoms with Crippen molar-refractivity contribution in [2.75, 3.05) is 5.32 Å². The summed E-state index contributed by atoms with van der Waals surface area (Å²) in [4.78, 5) is 8.38. The van der Waals surface area contributed by atoms with Crippen molar-refractivity contribution in [3.05, 3.63) is 53.0 Å². The highest BCUT2D eigenvalue weighted by Crippen LogP contribution is 2.24. The Labute approximate surface area is 115 Å². The highest BCUT2D eigenvalue weighted by atomic mass is 32.1. The van der Waals surface area contributed by atoms with Crippen LogP contribution in [0.2, 0.25) is 0 Å². The fraction of sp³-hybridized carbons (Fsp3) is 0.143. The summed E-state index contributed by atoms with van der Waals surface area (Å²) >= 11 is 1.66. The van der Waals surface area contributed by atoms with Gasteiger partial charge >= 0.3 is 0 Å². The van der Waals surface area contributed by atoms with Crippen LogP contribution >= 0.6 is 11.3 Å². The predicted octanol–water partition coefficient (Wildman–Crippen LogP) is 3.72. The molecular weight excluding hydrogens is 258 g/mol. The smallest absolute Gasteiger partial charge is 0.180 e. The SMILES string of the molecule is Cc1nc(-c2cccc(NCc3cnco3)c2)cs1. The van der Waals surface area contributed by atoms with Gasteiger partial charge in [0, 0.05) is 16.6 Å². The van der Waals surface area contributed by atoms with Crippen LogP contribution in [0, 0.1) is 6.92 Å². The topological polar surface area (TPSA) is 51.0 Å². The van der Waals surface area contributed by atoms with Crippen LogP contribution in [-0.4, -0.2) is 9.97 Å². The normalized spacial score (nSPS) is 10.6. The maximum absolute atomic E-state index is 5.19. The van der Waals surface area contributed by atoms with Crippen molar-refractivity contribution in [1.29, 1.82) is 0 Å². The van der Waals surface area contributed by atoms with E-state index >= 15 is 0 Å². The Bertz CT molecular complexity index is 661. The molecule has 0 radical (unpaired) electrons. The second kappa shape index (κ2) is 5.24. The number of aryl methyl sites for hydroxylation is 1. The van der Waals surface area contributed by atoms with E-state index in [2.05, 4.69) is 32.8 Å². The maximum atomic E-state index is 5.19. The summed E-state index contributed by atoms with van der Waals surface area (Å²) in [6, 6.07) is 8.20. The van der Waals surface area contributed by atoms with Crippen molar-refractivity contribution in [3.63, 3.8) is 0 Å². The number of thiazole rings is 1. The Hall–Kier alpha value is -2.14. The summed E-state index contributed by atoms with van der Waals surface area (Å²) < 4.78 is 5.19. The third-order valence-electron chi connectivity index (χ3n) is 2.73. The molecule has 1 N–H and O–H groups in total. The van der Waals surface area contributed by atoms with Crippen LogP contribution in [0.25, 0.3) is 11.3 Å². The molecule has 0 aliphatic heterocycles. The summed E-state index contributed by atoms with van der Waals surface area (Å²) in [6.07, 6.45) is 3.14. The summed E-state index contributed by atoms with van der Waals surface area (Å²) in [5.74, 6) is 0.815. The van der Waals surface area contributed by atoms with E-state index in [0.717, 1.165) is 27.7 Å². The second-order valence-corrected chi connectivity index (χ2v) is 5.22. The van der Waals surface area contributed by atoms with Crippen LogP contribution in [0.3, 0.4) is 0 Å². The van der Waals surface area contributed by atoms with Gasteiger partial charge in [-0.3, -0.25) is 0 Å². The molecule has 0 saturated heterocycles. The number of aromatic nitrogens is 2. The third-order valence-corrected chi connectivity index (χ3v) is 3.50. The van der Waals surface area contributed by atoms with E-state index in [0.29, 0.717) is 6.54 Å². The minimum absolute atomic E-state index is 0.625. The van der Waals surface area contributed by atoms with Crippen molar-refractivity contribution >= 4 is 17.0 Å². The molecule has 0 aliphatic carbocycles. The zero-order valence-corrected chi connectivity index (χ0v) is 11.3. The zero-order chi connectivity index (χ0) is 13.1. The van der Waals surface area contributed by atoms with Gasteiger partial charge in [0.05, 0.1) is 23.4 Å². The summed E-state index contributed by atoms with van der Waals surface area (Å²) in [5, 5.41) is 6.46. The fourth-order valence-electron chi connectivity index (χ4n) is 1.80. The first kappa shape index (κ1) is 11.9. The highest BCUT2D eigenvalue weighted by molar-refractivity contribution is 7.09. The van der Waals surface area contributed by atoms with E-state index in [1.54, 1.807) is 17.5 Å². The number of nitrogens with one attached hydrogen (secondary N) is 1. The second-order valence-electron chi connectivity index (χ2n) is 4.15. The molecule has 2 aromatic heterocycles. The Morgan fingerprint density at radius 2 is 2.32 bits per heavy atom. The molecular formula is C14H13N3OS. The molecule has 0 bridgehead atoms. The zero-order valence-electron chi connectivity index (χ0n) is 10.5. The number of hydrogen-bond acceptors (Lipinski definition) is 5. The molecule has 0 atom stereocenters. The van der Waals surface area contributed by atoms with Gasteiger partial charge in [-0.25, -0.2) is 9.97 Å². The monoisotopic (exact) mass is 271 g/mol. The molecule has 3 aromatic rings. The predicted molar refractivity (Wildman–Crippen MR) is 76.1 cm³/mol. The molecule has 0 saturated carbocycles. The van der Waals surface area contributed by atoms with Gasteiger partial charge in [-0.15, -0.1) is 11.3 Å². The molecule has 19 heavy (non-hydrogen) atoms. The minimum Gasteiger partial charge on any atom is -0.447 e. The average molecular weight is 271 g/mol. The number of benzene rings is 1. The van der Waals surface area contributed by atoms with Gasteiger partial charge < -0.3 is 9.73 Å². The van der Waals surface area contributed by atoms with Crippen LogP contribution in [0.15, 0.2) is 46.7 Å². The van der Waals surface area contributed by atoms with E-state index in [4.69, 9.17) is 4.42 Å². The van der Waals surface area contributed by atoms with Gasteiger partial charge in [0.25, 0.3) is 0 Å². The van der Waals surface area contributed by atoms with Crippen molar-refractivity contribution in [1.82, 2.24) is 9.97 Å². The first-order valence-corrected chi connectivity index (χ1v) is 6.83. The molecule has 0 spiro atoms. The highest BCUT2D eigenvalue weighted by Gasteiger charge is 2.03. The Balaban J connectivity index is 1.76. The van der Waals surface area contributed by atoms with Crippen LogP contribution < -0.4 is 5.32 Å². The van der Waals surface area contributed by atoms with E-state index < -0.39 is 0 Å². The van der Waals surface area contributed by atoms with Gasteiger partial charge in [0.15, 0.2) is 6.39 Å². The molecule has 0 amide bonds. The van der Waals surface area contributed by atoms with E-state index in [1.165, 1.54) is 6.39 Å². The Kier molecular flexibility index (Phi) is 3.29. The van der Waals surface area contributed by atoms with E-state index in [9.17, 15) is 0 Å². The Morgan fingerprint density at radius 3 is 3.05 bits per heavy atom. The lowest BCUT2D eigenvalue weighted by molar-refractivity contribution is 0.512. The van der Waals surface area contributed by atoms with Crippen molar-refractivity contribution in [2.45, 2.75) is 13.5 Å². The van der Waals surface area contributed by atoms with Crippen LogP contribution in [-0.2, 0) is 6.54 Å². The van der Waals surface area contributed by atoms with Crippen molar-refractivity contribution in [2.24, 2.45) is 0 Å². The summed E-state index contributed by atoms with van der Waals surface area (Å²) in [7, 11) is 0. The average Bonchev–Trinajstić information content (AvgIpc) is 3.08. The molecule has 0 aliphatic rings. The standard InChI is InChI=1S/C14H13N3OS/c1-10-17-14(8-19-10)11-3-2-4-12(5-11)16-7-13-6-15-9-18-13/h2-6,8-9,16H,7H2,1H3. The quantitative estimate of drug-likeness (QED) is 0.785. The molecule has 5 heteroatoms. The molecule has 96 valence electrons. The largest absolute Gasteiger partial charge is 0.447 e. The van der Waals surface area contributed by atoms with Gasteiger partial charge in [0.1, 0.15) is 5.76 Å². The Morgan fingerprint density at radius 1 is 1.37 bits per heavy atom. The molecule has 1 aromatic carbocycles. The lowest BCUT2D eigenvalue weighted by Gasteiger charge is -2.05. The van der Waals surface area contributed by atoms with Crippen LogP contribution in [0.5, 0.6) is 0 Å². The van der Waals surface area contributed by atoms with Crippen molar-refractivity contribution in [3.8, 4) is 11.3 Å². The fourth-order valence-corrected chi connectivity index (χ4v) is 2.43. The molecule has 4 nitrogen and oxygen atoms in total. The lowest BCUT2D eigenvalue weighted by atomic mass is 10.1. The molecule has 0 unspecified atom stereocenters. The number of hydrogen-bond donors (Lipinski definition) is 1. The number of nitrogens with zero attached hydrogens (tertiary/aromatic N) is 2. The maximum Gasteiger partial charge on any atom is 0.180 e. The lowest BCUT2D eigenvalue weighted by Crippen LogP contribution is -1.98. The van der Waals surface area contributed by atoms with Gasteiger partial charge in [0.2, 0.25) is 0 Å². The van der Waals surface area contributed by atoms with Crippen LogP contribution in [0.4, 0.5) is 5.69 Å². The number of oxazole rings is 1. The van der Waals surface area contributed by atoms with Gasteiger partial charge in [-0.05, 0) is 19.1 Å². The molecule has 0 fully saturated rings. The molecule has 3 rings (SSSR count). The number of rotatable bonds is 4. The first-order chi connectivity index (χ1) is 9.31. The van der Waals surface area contributed by atoms with Crippen molar-refractivity contribution < 1.29 is 4.42 Å². The van der Waals surface area contributed by atoms with Gasteiger partial charge in [-0.1, -0.05) is 12.1 Å². The number of anilines is 1. The van der Waals surface area contributed by atoms with E-state index in [-0.39, 0.29) is 0 Å². The summed E-state index contributed by atoms with van der Waals surface area (Å²) in [6.45, 7) is 2.64. The van der Waals surface area contributed by atoms with Gasteiger partial charge in [-0.2, -0.15) is 0 Å².